The van der Waals surface area contributed by atoms with Gasteiger partial charge in [-0.1, -0.05) is 30.3 Å². The van der Waals surface area contributed by atoms with Crippen LogP contribution in [-0.4, -0.2) is 18.4 Å². The molecule has 2 N–H and O–H groups in total. The maximum absolute atomic E-state index is 12.0. The van der Waals surface area contributed by atoms with E-state index in [-0.39, 0.29) is 18.4 Å². The zero-order valence-electron chi connectivity index (χ0n) is 14.9. The van der Waals surface area contributed by atoms with Gasteiger partial charge in [-0.05, 0) is 61.0 Å². The number of carbonyl (C=O) groups excluding carboxylic acids is 2. The van der Waals surface area contributed by atoms with Crippen molar-refractivity contribution in [3.63, 3.8) is 0 Å². The topological polar surface area (TPSA) is 67.4 Å². The number of ether oxygens (including phenoxy) is 1. The first-order valence-corrected chi connectivity index (χ1v) is 8.58. The maximum atomic E-state index is 12.0. The van der Waals surface area contributed by atoms with Crippen molar-refractivity contribution in [3.05, 3.63) is 90.0 Å². The summed E-state index contributed by atoms with van der Waals surface area (Å²) in [4.78, 5) is 23.9. The van der Waals surface area contributed by atoms with Crippen LogP contribution in [0.4, 0.5) is 5.69 Å². The first-order chi connectivity index (χ1) is 13.1. The fourth-order valence-electron chi connectivity index (χ4n) is 2.48. The van der Waals surface area contributed by atoms with Crippen LogP contribution in [0.3, 0.4) is 0 Å². The molecular formula is C22H20N2O3. The number of aryl methyl sites for hydroxylation is 1. The van der Waals surface area contributed by atoms with Crippen LogP contribution in [-0.2, 0) is 4.79 Å². The molecule has 3 aromatic carbocycles. The third kappa shape index (κ3) is 5.44. The monoisotopic (exact) mass is 360 g/mol. The molecule has 0 saturated heterocycles. The van der Waals surface area contributed by atoms with E-state index in [4.69, 9.17) is 4.74 Å². The standard InChI is InChI=1S/C22H20N2O3/c1-16-6-5-9-20(14-16)27-19-12-10-18(11-13-19)24-21(25)15-23-22(26)17-7-3-2-4-8-17/h2-14H,15H2,1H3,(H,23,26)(H,24,25). The Morgan fingerprint density at radius 1 is 0.852 bits per heavy atom. The molecule has 3 aromatic rings. The molecule has 5 nitrogen and oxygen atoms in total. The summed E-state index contributed by atoms with van der Waals surface area (Å²) in [6.07, 6.45) is 0. The lowest BCUT2D eigenvalue weighted by atomic mass is 10.2. The smallest absolute Gasteiger partial charge is 0.251 e. The van der Waals surface area contributed by atoms with Crippen molar-refractivity contribution in [3.8, 4) is 11.5 Å². The van der Waals surface area contributed by atoms with Gasteiger partial charge < -0.3 is 15.4 Å². The molecule has 0 unspecified atom stereocenters. The average Bonchev–Trinajstić information content (AvgIpc) is 2.68. The molecule has 0 aliphatic carbocycles. The Bertz CT molecular complexity index is 922. The Morgan fingerprint density at radius 2 is 1.59 bits per heavy atom. The Hall–Kier alpha value is -3.60. The lowest BCUT2D eigenvalue weighted by Gasteiger charge is -2.09. The van der Waals surface area contributed by atoms with Gasteiger partial charge in [-0.15, -0.1) is 0 Å². The van der Waals surface area contributed by atoms with E-state index in [0.29, 0.717) is 17.0 Å². The third-order valence-electron chi connectivity index (χ3n) is 3.81. The Kier molecular flexibility index (Phi) is 5.84. The van der Waals surface area contributed by atoms with Crippen LogP contribution in [0, 0.1) is 6.92 Å². The Labute approximate surface area is 158 Å². The van der Waals surface area contributed by atoms with Gasteiger partial charge in [-0.3, -0.25) is 9.59 Å². The molecule has 5 heteroatoms. The molecule has 0 atom stereocenters. The summed E-state index contributed by atoms with van der Waals surface area (Å²) in [5, 5.41) is 5.33. The summed E-state index contributed by atoms with van der Waals surface area (Å²) < 4.78 is 5.78. The fraction of sp³-hybridized carbons (Fsp3) is 0.0909. The van der Waals surface area contributed by atoms with E-state index < -0.39 is 0 Å². The van der Waals surface area contributed by atoms with E-state index in [9.17, 15) is 9.59 Å². The van der Waals surface area contributed by atoms with Gasteiger partial charge in [0.25, 0.3) is 5.91 Å². The van der Waals surface area contributed by atoms with Gasteiger partial charge in [-0.25, -0.2) is 0 Å². The second-order valence-corrected chi connectivity index (χ2v) is 6.04. The van der Waals surface area contributed by atoms with Gasteiger partial charge in [0.1, 0.15) is 11.5 Å². The SMILES string of the molecule is Cc1cccc(Oc2ccc(NC(=O)CNC(=O)c3ccccc3)cc2)c1. The van der Waals surface area contributed by atoms with E-state index in [1.54, 1.807) is 48.5 Å². The highest BCUT2D eigenvalue weighted by atomic mass is 16.5. The highest BCUT2D eigenvalue weighted by Gasteiger charge is 2.08. The van der Waals surface area contributed by atoms with Crippen LogP contribution < -0.4 is 15.4 Å². The summed E-state index contributed by atoms with van der Waals surface area (Å²) in [5.41, 5.74) is 2.27. The summed E-state index contributed by atoms with van der Waals surface area (Å²) >= 11 is 0. The van der Waals surface area contributed by atoms with Crippen LogP contribution in [0.15, 0.2) is 78.9 Å². The van der Waals surface area contributed by atoms with Crippen LogP contribution in [0.25, 0.3) is 0 Å². The van der Waals surface area contributed by atoms with Crippen molar-refractivity contribution in [2.75, 3.05) is 11.9 Å². The quantitative estimate of drug-likeness (QED) is 0.694. The van der Waals surface area contributed by atoms with E-state index in [0.717, 1.165) is 11.3 Å². The molecule has 0 spiro atoms. The molecule has 0 heterocycles. The Balaban J connectivity index is 1.50. The lowest BCUT2D eigenvalue weighted by molar-refractivity contribution is -0.115. The number of benzene rings is 3. The van der Waals surface area contributed by atoms with Gasteiger partial charge in [0.2, 0.25) is 5.91 Å². The average molecular weight is 360 g/mol. The van der Waals surface area contributed by atoms with Gasteiger partial charge in [-0.2, -0.15) is 0 Å². The summed E-state index contributed by atoms with van der Waals surface area (Å²) in [6.45, 7) is 1.90. The summed E-state index contributed by atoms with van der Waals surface area (Å²) in [6, 6.07) is 23.6. The molecule has 136 valence electrons. The van der Waals surface area contributed by atoms with Crippen LogP contribution in [0.5, 0.6) is 11.5 Å². The minimum Gasteiger partial charge on any atom is -0.457 e. The fourth-order valence-corrected chi connectivity index (χ4v) is 2.48. The zero-order chi connectivity index (χ0) is 19.1. The van der Waals surface area contributed by atoms with Crippen molar-refractivity contribution in [2.45, 2.75) is 6.92 Å². The van der Waals surface area contributed by atoms with Crippen molar-refractivity contribution < 1.29 is 14.3 Å². The number of anilines is 1. The summed E-state index contributed by atoms with van der Waals surface area (Å²) in [5.74, 6) is 0.852. The molecule has 2 amide bonds. The van der Waals surface area contributed by atoms with Crippen LogP contribution in [0.1, 0.15) is 15.9 Å². The van der Waals surface area contributed by atoms with Crippen LogP contribution >= 0.6 is 0 Å². The highest BCUT2D eigenvalue weighted by Crippen LogP contribution is 2.23. The molecular weight excluding hydrogens is 340 g/mol. The third-order valence-corrected chi connectivity index (χ3v) is 3.81. The first kappa shape index (κ1) is 18.2. The number of carbonyl (C=O) groups is 2. The lowest BCUT2D eigenvalue weighted by Crippen LogP contribution is -2.32. The number of hydrogen-bond donors (Lipinski definition) is 2. The second kappa shape index (κ2) is 8.67. The predicted octanol–water partition coefficient (Wildman–Crippen LogP) is 4.16. The minimum absolute atomic E-state index is 0.102. The Morgan fingerprint density at radius 3 is 2.30 bits per heavy atom. The van der Waals surface area contributed by atoms with Gasteiger partial charge >= 0.3 is 0 Å². The van der Waals surface area contributed by atoms with Gasteiger partial charge in [0, 0.05) is 11.3 Å². The molecule has 27 heavy (non-hydrogen) atoms. The highest BCUT2D eigenvalue weighted by molar-refractivity contribution is 5.99. The van der Waals surface area contributed by atoms with Gasteiger partial charge in [0.05, 0.1) is 6.54 Å². The molecule has 0 fully saturated rings. The number of nitrogens with one attached hydrogen (secondary N) is 2. The summed E-state index contributed by atoms with van der Waals surface area (Å²) in [7, 11) is 0. The second-order valence-electron chi connectivity index (χ2n) is 6.04. The van der Waals surface area contributed by atoms with Crippen molar-refractivity contribution in [2.24, 2.45) is 0 Å². The first-order valence-electron chi connectivity index (χ1n) is 8.58. The molecule has 0 radical (unpaired) electrons. The largest absolute Gasteiger partial charge is 0.457 e. The number of amides is 2. The molecule has 0 aromatic heterocycles. The van der Waals surface area contributed by atoms with E-state index >= 15 is 0 Å². The van der Waals surface area contributed by atoms with Gasteiger partial charge in [0.15, 0.2) is 0 Å². The van der Waals surface area contributed by atoms with E-state index in [1.807, 2.05) is 37.3 Å². The molecule has 0 aliphatic heterocycles. The van der Waals surface area contributed by atoms with Crippen molar-refractivity contribution in [1.82, 2.24) is 5.32 Å². The molecule has 0 aliphatic rings. The molecule has 3 rings (SSSR count). The van der Waals surface area contributed by atoms with Crippen molar-refractivity contribution in [1.29, 1.82) is 0 Å². The maximum Gasteiger partial charge on any atom is 0.251 e. The molecule has 0 saturated carbocycles. The number of hydrogen-bond acceptors (Lipinski definition) is 3. The minimum atomic E-state index is -0.299. The normalized spacial score (nSPS) is 10.1. The molecule has 0 bridgehead atoms. The van der Waals surface area contributed by atoms with Crippen LogP contribution in [0.2, 0.25) is 0 Å². The number of rotatable bonds is 6. The van der Waals surface area contributed by atoms with Crippen molar-refractivity contribution >= 4 is 17.5 Å². The van der Waals surface area contributed by atoms with E-state index in [2.05, 4.69) is 10.6 Å². The zero-order valence-corrected chi connectivity index (χ0v) is 14.9. The predicted molar refractivity (Wildman–Crippen MR) is 105 cm³/mol. The van der Waals surface area contributed by atoms with E-state index in [1.165, 1.54) is 0 Å².